The molecule has 2 aromatic rings. The summed E-state index contributed by atoms with van der Waals surface area (Å²) in [7, 11) is 0. The van der Waals surface area contributed by atoms with Gasteiger partial charge in [-0.3, -0.25) is 0 Å². The molecule has 1 aromatic heterocycles. The van der Waals surface area contributed by atoms with Crippen molar-refractivity contribution in [3.8, 4) is 0 Å². The molecule has 4 rings (SSSR count). The number of pyridine rings is 1. The zero-order chi connectivity index (χ0) is 18.5. The van der Waals surface area contributed by atoms with Crippen molar-refractivity contribution in [3.05, 3.63) is 59.8 Å². The first kappa shape index (κ1) is 17.8. The molecule has 1 aromatic carbocycles. The molecule has 0 unspecified atom stereocenters. The van der Waals surface area contributed by atoms with Crippen LogP contribution in [0.3, 0.4) is 0 Å². The van der Waals surface area contributed by atoms with Crippen molar-refractivity contribution in [1.82, 2.24) is 15.2 Å². The van der Waals surface area contributed by atoms with Gasteiger partial charge >= 0.3 is 6.09 Å². The van der Waals surface area contributed by atoms with Crippen LogP contribution >= 0.6 is 0 Å². The highest BCUT2D eigenvalue weighted by Gasteiger charge is 2.34. The number of hydrogen-bond acceptors (Lipinski definition) is 5. The molecule has 2 saturated heterocycles. The highest BCUT2D eigenvalue weighted by Crippen LogP contribution is 2.36. The maximum atomic E-state index is 12.7. The van der Waals surface area contributed by atoms with Gasteiger partial charge in [-0.05, 0) is 24.5 Å². The first-order chi connectivity index (χ1) is 13.3. The molecule has 0 saturated carbocycles. The van der Waals surface area contributed by atoms with E-state index in [2.05, 4.69) is 21.3 Å². The van der Waals surface area contributed by atoms with E-state index in [9.17, 15) is 4.79 Å². The van der Waals surface area contributed by atoms with Gasteiger partial charge in [0.25, 0.3) is 0 Å². The normalized spacial score (nSPS) is 19.9. The molecule has 142 valence electrons. The molecule has 1 atom stereocenters. The maximum absolute atomic E-state index is 12.7. The lowest BCUT2D eigenvalue weighted by molar-refractivity contribution is 0.0921. The van der Waals surface area contributed by atoms with E-state index in [1.54, 1.807) is 0 Å². The van der Waals surface area contributed by atoms with Gasteiger partial charge in [-0.25, -0.2) is 9.78 Å². The fraction of sp³-hybridized carbons (Fsp3) is 0.429. The van der Waals surface area contributed by atoms with Crippen LogP contribution in [-0.2, 0) is 11.3 Å². The largest absolute Gasteiger partial charge is 0.445 e. The van der Waals surface area contributed by atoms with Crippen LogP contribution in [0.4, 0.5) is 10.6 Å². The van der Waals surface area contributed by atoms with Crippen LogP contribution in [0.15, 0.2) is 48.7 Å². The number of hydrogen-bond donors (Lipinski definition) is 1. The van der Waals surface area contributed by atoms with Crippen molar-refractivity contribution in [1.29, 1.82) is 0 Å². The molecule has 0 aliphatic carbocycles. The molecule has 6 nitrogen and oxygen atoms in total. The second kappa shape index (κ2) is 8.39. The van der Waals surface area contributed by atoms with Gasteiger partial charge in [-0.1, -0.05) is 36.4 Å². The lowest BCUT2D eigenvalue weighted by Crippen LogP contribution is -2.44. The zero-order valence-corrected chi connectivity index (χ0v) is 15.5. The van der Waals surface area contributed by atoms with Gasteiger partial charge in [0.2, 0.25) is 0 Å². The molecule has 6 heteroatoms. The van der Waals surface area contributed by atoms with E-state index in [1.165, 1.54) is 0 Å². The standard InChI is InChI=1S/C21H26N4O2/c26-21(27-16-17-6-2-1-3-7-17)25-13-5-9-19(25)18-8-4-10-23-20(18)24-14-11-22-12-15-24/h1-4,6-8,10,19,22H,5,9,11-16H2/t19-/m0/s1. The fourth-order valence-electron chi connectivity index (χ4n) is 3.92. The van der Waals surface area contributed by atoms with Crippen molar-refractivity contribution in [2.24, 2.45) is 0 Å². The van der Waals surface area contributed by atoms with Crippen molar-refractivity contribution >= 4 is 11.9 Å². The van der Waals surface area contributed by atoms with Crippen LogP contribution in [0.5, 0.6) is 0 Å². The van der Waals surface area contributed by atoms with Crippen molar-refractivity contribution in [3.63, 3.8) is 0 Å². The molecule has 2 aliphatic heterocycles. The van der Waals surface area contributed by atoms with Crippen LogP contribution in [0.1, 0.15) is 30.0 Å². The van der Waals surface area contributed by atoms with Crippen molar-refractivity contribution in [2.75, 3.05) is 37.6 Å². The van der Waals surface area contributed by atoms with E-state index in [0.717, 1.165) is 62.5 Å². The summed E-state index contributed by atoms with van der Waals surface area (Å²) < 4.78 is 5.59. The minimum atomic E-state index is -0.239. The third-order valence-electron chi connectivity index (χ3n) is 5.28. The molecule has 27 heavy (non-hydrogen) atoms. The Kier molecular flexibility index (Phi) is 5.53. The summed E-state index contributed by atoms with van der Waals surface area (Å²) in [5.41, 5.74) is 2.14. The van der Waals surface area contributed by atoms with Crippen LogP contribution in [0.2, 0.25) is 0 Å². The molecule has 0 spiro atoms. The third kappa shape index (κ3) is 4.06. The molecular formula is C21H26N4O2. The van der Waals surface area contributed by atoms with E-state index < -0.39 is 0 Å². The minimum Gasteiger partial charge on any atom is -0.445 e. The molecule has 3 heterocycles. The number of nitrogens with zero attached hydrogens (tertiary/aromatic N) is 3. The monoisotopic (exact) mass is 366 g/mol. The van der Waals surface area contributed by atoms with Gasteiger partial charge in [0.1, 0.15) is 12.4 Å². The van der Waals surface area contributed by atoms with E-state index in [0.29, 0.717) is 6.61 Å². The van der Waals surface area contributed by atoms with Gasteiger partial charge < -0.3 is 19.9 Å². The lowest BCUT2D eigenvalue weighted by atomic mass is 10.0. The summed E-state index contributed by atoms with van der Waals surface area (Å²) in [5, 5.41) is 3.38. The first-order valence-electron chi connectivity index (χ1n) is 9.71. The summed E-state index contributed by atoms with van der Waals surface area (Å²) >= 11 is 0. The number of piperazine rings is 1. The number of anilines is 1. The van der Waals surface area contributed by atoms with E-state index in [1.807, 2.05) is 47.5 Å². The van der Waals surface area contributed by atoms with Gasteiger partial charge in [0, 0.05) is 44.5 Å². The van der Waals surface area contributed by atoms with Crippen LogP contribution < -0.4 is 10.2 Å². The number of carbonyl (C=O) groups is 1. The van der Waals surface area contributed by atoms with Crippen LogP contribution in [0.25, 0.3) is 0 Å². The SMILES string of the molecule is O=C(OCc1ccccc1)N1CCC[C@H]1c1cccnc1N1CCNCC1. The minimum absolute atomic E-state index is 0.0341. The second-order valence-electron chi connectivity index (χ2n) is 7.04. The predicted molar refractivity (Wildman–Crippen MR) is 105 cm³/mol. The fourth-order valence-corrected chi connectivity index (χ4v) is 3.92. The molecule has 2 fully saturated rings. The summed E-state index contributed by atoms with van der Waals surface area (Å²) in [6, 6.07) is 13.9. The second-order valence-corrected chi connectivity index (χ2v) is 7.04. The Hall–Kier alpha value is -2.60. The number of nitrogens with one attached hydrogen (secondary N) is 1. The smallest absolute Gasteiger partial charge is 0.410 e. The molecular weight excluding hydrogens is 340 g/mol. The van der Waals surface area contributed by atoms with Gasteiger partial charge in [0.15, 0.2) is 0 Å². The van der Waals surface area contributed by atoms with E-state index in [-0.39, 0.29) is 12.1 Å². The zero-order valence-electron chi connectivity index (χ0n) is 15.5. The number of amides is 1. The number of carbonyl (C=O) groups excluding carboxylic acids is 1. The first-order valence-corrected chi connectivity index (χ1v) is 9.71. The summed E-state index contributed by atoms with van der Waals surface area (Å²) in [5.74, 6) is 1.01. The van der Waals surface area contributed by atoms with E-state index in [4.69, 9.17) is 4.74 Å². The topological polar surface area (TPSA) is 57.7 Å². The van der Waals surface area contributed by atoms with E-state index >= 15 is 0 Å². The molecule has 0 radical (unpaired) electrons. The van der Waals surface area contributed by atoms with Crippen molar-refractivity contribution < 1.29 is 9.53 Å². The quantitative estimate of drug-likeness (QED) is 0.902. The summed E-state index contributed by atoms with van der Waals surface area (Å²) in [6.07, 6.45) is 3.54. The number of ether oxygens (including phenoxy) is 1. The third-order valence-corrected chi connectivity index (χ3v) is 5.28. The highest BCUT2D eigenvalue weighted by molar-refractivity contribution is 5.69. The van der Waals surface area contributed by atoms with Gasteiger partial charge in [-0.2, -0.15) is 0 Å². The Morgan fingerprint density at radius 2 is 1.93 bits per heavy atom. The Labute approximate surface area is 160 Å². The number of aromatic nitrogens is 1. The Morgan fingerprint density at radius 3 is 2.74 bits per heavy atom. The summed E-state index contributed by atoms with van der Waals surface area (Å²) in [6.45, 7) is 4.84. The lowest BCUT2D eigenvalue weighted by Gasteiger charge is -2.32. The average molecular weight is 366 g/mol. The Balaban J connectivity index is 1.49. The number of likely N-dealkylation sites (tertiary alicyclic amines) is 1. The van der Waals surface area contributed by atoms with Gasteiger partial charge in [-0.15, -0.1) is 0 Å². The molecule has 0 bridgehead atoms. The van der Waals surface area contributed by atoms with Gasteiger partial charge in [0.05, 0.1) is 6.04 Å². The maximum Gasteiger partial charge on any atom is 0.410 e. The Morgan fingerprint density at radius 1 is 1.11 bits per heavy atom. The predicted octanol–water partition coefficient (Wildman–Crippen LogP) is 2.96. The molecule has 1 amide bonds. The molecule has 2 aliphatic rings. The van der Waals surface area contributed by atoms with Crippen LogP contribution in [-0.4, -0.2) is 48.7 Å². The van der Waals surface area contributed by atoms with Crippen molar-refractivity contribution in [2.45, 2.75) is 25.5 Å². The van der Waals surface area contributed by atoms with Crippen LogP contribution in [0, 0.1) is 0 Å². The highest BCUT2D eigenvalue weighted by atomic mass is 16.6. The number of benzene rings is 1. The number of rotatable bonds is 4. The average Bonchev–Trinajstić information content (AvgIpc) is 3.23. The molecule has 1 N–H and O–H groups in total. The summed E-state index contributed by atoms with van der Waals surface area (Å²) in [4.78, 5) is 21.6. The Bertz CT molecular complexity index is 762.